The van der Waals surface area contributed by atoms with Crippen molar-refractivity contribution in [1.82, 2.24) is 4.90 Å². The third-order valence-electron chi connectivity index (χ3n) is 3.83. The van der Waals surface area contributed by atoms with E-state index in [1.165, 1.54) is 31.4 Å². The Balaban J connectivity index is 1.73. The molecule has 1 aromatic carbocycles. The molecular weight excluding hydrogens is 229 g/mol. The monoisotopic (exact) mass is 251 g/mol. The summed E-state index contributed by atoms with van der Waals surface area (Å²) in [4.78, 5) is 2.29. The Kier molecular flexibility index (Phi) is 4.72. The Morgan fingerprint density at radius 3 is 2.56 bits per heavy atom. The van der Waals surface area contributed by atoms with Crippen LogP contribution in [0.15, 0.2) is 24.3 Å². The highest BCUT2D eigenvalue weighted by Gasteiger charge is 2.19. The normalized spacial score (nSPS) is 17.8. The molecule has 0 heterocycles. The van der Waals surface area contributed by atoms with Crippen molar-refractivity contribution in [2.45, 2.75) is 31.8 Å². The molecule has 2 nitrogen and oxygen atoms in total. The smallest absolute Gasteiger partial charge is 0.123 e. The van der Waals surface area contributed by atoms with Gasteiger partial charge in [0.1, 0.15) is 5.82 Å². The Hall–Kier alpha value is -0.930. The molecule has 1 aromatic rings. The highest BCUT2D eigenvalue weighted by molar-refractivity contribution is 5.18. The third kappa shape index (κ3) is 3.79. The number of benzene rings is 1. The highest BCUT2D eigenvalue weighted by atomic mass is 19.1. The topological polar surface area (TPSA) is 23.5 Å². The van der Waals surface area contributed by atoms with Crippen molar-refractivity contribution in [3.05, 3.63) is 35.6 Å². The van der Waals surface area contributed by atoms with Crippen LogP contribution in [0.25, 0.3) is 0 Å². The molecule has 1 fully saturated rings. The molecule has 1 aliphatic rings. The van der Waals surface area contributed by atoms with Gasteiger partial charge in [-0.1, -0.05) is 18.6 Å². The summed E-state index contributed by atoms with van der Waals surface area (Å²) < 4.78 is 12.8. The zero-order valence-electron chi connectivity index (χ0n) is 11.0. The first-order valence-corrected chi connectivity index (χ1v) is 6.77. The maximum Gasteiger partial charge on any atom is 0.123 e. The number of nitrogens with zero attached hydrogens (tertiary/aromatic N) is 1. The van der Waals surface area contributed by atoms with E-state index in [4.69, 9.17) is 0 Å². The minimum absolute atomic E-state index is 0.256. The summed E-state index contributed by atoms with van der Waals surface area (Å²) in [6.45, 7) is 2.02. The van der Waals surface area contributed by atoms with Crippen molar-refractivity contribution in [2.75, 3.05) is 20.1 Å². The van der Waals surface area contributed by atoms with E-state index in [9.17, 15) is 9.50 Å². The van der Waals surface area contributed by atoms with Gasteiger partial charge in [-0.05, 0) is 49.9 Å². The van der Waals surface area contributed by atoms with Crippen LogP contribution in [0.1, 0.15) is 37.4 Å². The van der Waals surface area contributed by atoms with Crippen molar-refractivity contribution in [3.63, 3.8) is 0 Å². The Morgan fingerprint density at radius 2 is 2.00 bits per heavy atom. The van der Waals surface area contributed by atoms with Gasteiger partial charge in [0.25, 0.3) is 0 Å². The molecule has 0 amide bonds. The fraction of sp³-hybridized carbons (Fsp3) is 0.600. The van der Waals surface area contributed by atoms with E-state index in [1.807, 2.05) is 0 Å². The molecular formula is C15H22FNO. The van der Waals surface area contributed by atoms with Gasteiger partial charge in [0, 0.05) is 13.1 Å². The number of rotatable bonds is 6. The average Bonchev–Trinajstić information content (AvgIpc) is 2.32. The predicted molar refractivity (Wildman–Crippen MR) is 70.8 cm³/mol. The second-order valence-electron chi connectivity index (χ2n) is 5.42. The summed E-state index contributed by atoms with van der Waals surface area (Å²) in [5, 5.41) is 10.0. The number of aliphatic hydroxyl groups is 1. The number of halogens is 1. The molecule has 2 rings (SSSR count). The van der Waals surface area contributed by atoms with Crippen molar-refractivity contribution in [3.8, 4) is 0 Å². The summed E-state index contributed by atoms with van der Waals surface area (Å²) in [5.41, 5.74) is 0.799. The lowest BCUT2D eigenvalue weighted by molar-refractivity contribution is 0.135. The van der Waals surface area contributed by atoms with E-state index in [0.717, 1.165) is 24.6 Å². The molecule has 100 valence electrons. The molecule has 3 heteroatoms. The van der Waals surface area contributed by atoms with Gasteiger partial charge in [0.15, 0.2) is 0 Å². The van der Waals surface area contributed by atoms with Crippen LogP contribution in [-0.2, 0) is 0 Å². The number of hydrogen-bond donors (Lipinski definition) is 1. The van der Waals surface area contributed by atoms with Crippen LogP contribution in [0, 0.1) is 11.7 Å². The molecule has 1 saturated carbocycles. The summed E-state index contributed by atoms with van der Waals surface area (Å²) in [6.07, 6.45) is 4.29. The molecule has 0 radical (unpaired) electrons. The second-order valence-corrected chi connectivity index (χ2v) is 5.42. The average molecular weight is 251 g/mol. The van der Waals surface area contributed by atoms with E-state index in [0.29, 0.717) is 6.42 Å². The first-order chi connectivity index (χ1) is 8.65. The first-order valence-electron chi connectivity index (χ1n) is 6.77. The largest absolute Gasteiger partial charge is 0.388 e. The highest BCUT2D eigenvalue weighted by Crippen LogP contribution is 2.27. The maximum atomic E-state index is 12.8. The van der Waals surface area contributed by atoms with Gasteiger partial charge in [-0.25, -0.2) is 4.39 Å². The van der Waals surface area contributed by atoms with Crippen LogP contribution in [0.3, 0.4) is 0 Å². The lowest BCUT2D eigenvalue weighted by Gasteiger charge is -2.30. The Bertz CT molecular complexity index is 361. The second kappa shape index (κ2) is 6.30. The van der Waals surface area contributed by atoms with Crippen molar-refractivity contribution in [1.29, 1.82) is 0 Å². The lowest BCUT2D eigenvalue weighted by Crippen LogP contribution is -2.30. The van der Waals surface area contributed by atoms with Crippen molar-refractivity contribution < 1.29 is 9.50 Å². The Morgan fingerprint density at radius 1 is 1.33 bits per heavy atom. The predicted octanol–water partition coefficient (Wildman–Crippen LogP) is 2.98. The molecule has 0 bridgehead atoms. The Labute approximate surface area is 108 Å². The minimum Gasteiger partial charge on any atom is -0.388 e. The SMILES string of the molecule is CN(CCC(O)c1ccc(F)cc1)CC1CCC1. The van der Waals surface area contributed by atoms with Crippen LogP contribution in [0.2, 0.25) is 0 Å². The number of hydrogen-bond acceptors (Lipinski definition) is 2. The first kappa shape index (κ1) is 13.5. The quantitative estimate of drug-likeness (QED) is 0.840. The summed E-state index contributed by atoms with van der Waals surface area (Å²) in [6, 6.07) is 6.12. The van der Waals surface area contributed by atoms with Gasteiger partial charge in [-0.3, -0.25) is 0 Å². The summed E-state index contributed by atoms with van der Waals surface area (Å²) in [5.74, 6) is 0.603. The fourth-order valence-electron chi connectivity index (χ4n) is 2.40. The minimum atomic E-state index is -0.491. The van der Waals surface area contributed by atoms with Gasteiger partial charge < -0.3 is 10.0 Å². The van der Waals surface area contributed by atoms with E-state index in [1.54, 1.807) is 12.1 Å². The zero-order chi connectivity index (χ0) is 13.0. The molecule has 0 aromatic heterocycles. The van der Waals surface area contributed by atoms with Gasteiger partial charge in [0.2, 0.25) is 0 Å². The van der Waals surface area contributed by atoms with E-state index < -0.39 is 6.10 Å². The molecule has 0 spiro atoms. The van der Waals surface area contributed by atoms with Crippen molar-refractivity contribution in [2.24, 2.45) is 5.92 Å². The summed E-state index contributed by atoms with van der Waals surface area (Å²) in [7, 11) is 2.11. The molecule has 18 heavy (non-hydrogen) atoms. The molecule has 0 aliphatic heterocycles. The molecule has 1 unspecified atom stereocenters. The van der Waals surface area contributed by atoms with Gasteiger partial charge in [-0.15, -0.1) is 0 Å². The van der Waals surface area contributed by atoms with Crippen LogP contribution in [0.4, 0.5) is 4.39 Å². The van der Waals surface area contributed by atoms with Gasteiger partial charge in [0.05, 0.1) is 6.10 Å². The van der Waals surface area contributed by atoms with Crippen molar-refractivity contribution >= 4 is 0 Å². The zero-order valence-corrected chi connectivity index (χ0v) is 11.0. The number of aliphatic hydroxyl groups excluding tert-OH is 1. The van der Waals surface area contributed by atoms with E-state index in [2.05, 4.69) is 11.9 Å². The summed E-state index contributed by atoms with van der Waals surface area (Å²) >= 11 is 0. The van der Waals surface area contributed by atoms with Crippen LogP contribution in [-0.4, -0.2) is 30.1 Å². The van der Waals surface area contributed by atoms with Crippen LogP contribution >= 0.6 is 0 Å². The molecule has 1 N–H and O–H groups in total. The lowest BCUT2D eigenvalue weighted by atomic mass is 9.85. The van der Waals surface area contributed by atoms with E-state index in [-0.39, 0.29) is 5.82 Å². The fourth-order valence-corrected chi connectivity index (χ4v) is 2.40. The van der Waals surface area contributed by atoms with Crippen LogP contribution < -0.4 is 0 Å². The maximum absolute atomic E-state index is 12.8. The van der Waals surface area contributed by atoms with E-state index >= 15 is 0 Å². The molecule has 1 atom stereocenters. The molecule has 1 aliphatic carbocycles. The standard InChI is InChI=1S/C15H22FNO/c1-17(11-12-3-2-4-12)10-9-15(18)13-5-7-14(16)8-6-13/h5-8,12,15,18H,2-4,9-11H2,1H3. The van der Waals surface area contributed by atoms with Gasteiger partial charge >= 0.3 is 0 Å². The molecule has 0 saturated heterocycles. The van der Waals surface area contributed by atoms with Gasteiger partial charge in [-0.2, -0.15) is 0 Å². The van der Waals surface area contributed by atoms with Crippen LogP contribution in [0.5, 0.6) is 0 Å². The third-order valence-corrected chi connectivity index (χ3v) is 3.83.